The topological polar surface area (TPSA) is 104 Å². The number of carbonyl (C=O) groups excluding carboxylic acids is 1. The van der Waals surface area contributed by atoms with Crippen LogP contribution in [0.4, 0.5) is 5.69 Å². The van der Waals surface area contributed by atoms with Crippen molar-refractivity contribution in [2.45, 2.75) is 6.92 Å². The van der Waals surface area contributed by atoms with Gasteiger partial charge in [-0.1, -0.05) is 36.4 Å². The number of rotatable bonds is 10. The smallest absolute Gasteiger partial charge is 0.211 e. The summed E-state index contributed by atoms with van der Waals surface area (Å²) in [6, 6.07) is 13.1. The molecule has 0 unspecified atom stereocenters. The first-order valence-corrected chi connectivity index (χ1v) is 8.67. The van der Waals surface area contributed by atoms with Crippen LogP contribution >= 0.6 is 0 Å². The van der Waals surface area contributed by atoms with Gasteiger partial charge < -0.3 is 10.2 Å². The molecule has 6 nitrogen and oxygen atoms in total. The van der Waals surface area contributed by atoms with Crippen LogP contribution in [0.2, 0.25) is 0 Å². The normalized spacial score (nSPS) is 10.6. The van der Waals surface area contributed by atoms with Gasteiger partial charge in [0.15, 0.2) is 5.57 Å². The molecule has 0 aliphatic rings. The maximum atomic E-state index is 10.8. The van der Waals surface area contributed by atoms with Crippen LogP contribution in [-0.4, -0.2) is 19.5 Å². The summed E-state index contributed by atoms with van der Waals surface area (Å²) in [5, 5.41) is 29.8. The number of carbonyl (C=O) groups is 1. The van der Waals surface area contributed by atoms with Crippen molar-refractivity contribution in [1.82, 2.24) is 5.32 Å². The van der Waals surface area contributed by atoms with E-state index in [0.717, 1.165) is 11.3 Å². The summed E-state index contributed by atoms with van der Waals surface area (Å²) in [6.07, 6.45) is 7.47. The number of nitrogens with one attached hydrogen (secondary N) is 1. The van der Waals surface area contributed by atoms with Gasteiger partial charge in [-0.25, -0.2) is 0 Å². The van der Waals surface area contributed by atoms with Crippen LogP contribution in [0.1, 0.15) is 12.5 Å². The van der Waals surface area contributed by atoms with E-state index in [1.807, 2.05) is 42.5 Å². The van der Waals surface area contributed by atoms with Crippen LogP contribution < -0.4 is 10.2 Å². The fourth-order valence-electron chi connectivity index (χ4n) is 2.50. The molecule has 1 N–H and O–H groups in total. The van der Waals surface area contributed by atoms with Crippen LogP contribution in [0, 0.1) is 34.0 Å². The van der Waals surface area contributed by atoms with Crippen LogP contribution in [0.25, 0.3) is 6.08 Å². The lowest BCUT2D eigenvalue weighted by atomic mass is 10.0. The van der Waals surface area contributed by atoms with Crippen molar-refractivity contribution in [2.75, 3.05) is 18.0 Å². The molecule has 6 heteroatoms. The Hall–Kier alpha value is -4.34. The number of hydrogen-bond acceptors (Lipinski definition) is 5. The first-order valence-electron chi connectivity index (χ1n) is 8.67. The van der Waals surface area contributed by atoms with E-state index in [0.29, 0.717) is 25.1 Å². The Balaban J connectivity index is 3.22. The third-order valence-corrected chi connectivity index (χ3v) is 3.92. The molecular formula is C23H21N5O. The van der Waals surface area contributed by atoms with Gasteiger partial charge >= 0.3 is 0 Å². The second-order valence-corrected chi connectivity index (χ2v) is 5.81. The molecule has 0 heterocycles. The van der Waals surface area contributed by atoms with E-state index in [1.54, 1.807) is 31.2 Å². The number of hydrogen-bond donors (Lipinski definition) is 1. The van der Waals surface area contributed by atoms with E-state index in [1.165, 1.54) is 0 Å². The highest BCUT2D eigenvalue weighted by molar-refractivity contribution is 5.65. The molecule has 1 rings (SSSR count). The van der Waals surface area contributed by atoms with E-state index in [2.05, 4.69) is 23.4 Å². The minimum atomic E-state index is -0.338. The van der Waals surface area contributed by atoms with Gasteiger partial charge in [-0.15, -0.1) is 13.2 Å². The maximum Gasteiger partial charge on any atom is 0.211 e. The van der Waals surface area contributed by atoms with Crippen LogP contribution in [-0.2, 0) is 4.79 Å². The fourth-order valence-corrected chi connectivity index (χ4v) is 2.50. The minimum absolute atomic E-state index is 0.0474. The highest BCUT2D eigenvalue weighted by Crippen LogP contribution is 2.19. The fraction of sp³-hybridized carbons (Fsp3) is 0.130. The highest BCUT2D eigenvalue weighted by Gasteiger charge is 2.13. The van der Waals surface area contributed by atoms with Gasteiger partial charge in [-0.2, -0.15) is 15.8 Å². The van der Waals surface area contributed by atoms with E-state index in [-0.39, 0.29) is 16.8 Å². The Morgan fingerprint density at radius 3 is 2.10 bits per heavy atom. The molecule has 0 fully saturated rings. The first-order chi connectivity index (χ1) is 14.1. The number of allylic oxidation sites excluding steroid dienone is 4. The van der Waals surface area contributed by atoms with Gasteiger partial charge in [0, 0.05) is 18.8 Å². The van der Waals surface area contributed by atoms with Gasteiger partial charge in [0.05, 0.1) is 11.3 Å². The summed E-state index contributed by atoms with van der Waals surface area (Å²) in [6.45, 7) is 10.6. The number of nitriles is 3. The highest BCUT2D eigenvalue weighted by atomic mass is 16.1. The molecule has 0 aliphatic carbocycles. The average molecular weight is 383 g/mol. The third kappa shape index (κ3) is 6.40. The Bertz CT molecular complexity index is 950. The SMILES string of the molecule is C=CCN(CC=C)c1ccc(/C=C/C(C)=C(\C#N)C(NC=O)=C(C#N)C#N)cc1. The summed E-state index contributed by atoms with van der Waals surface area (Å²) in [5.41, 5.74) is 2.04. The number of benzene rings is 1. The molecule has 0 saturated heterocycles. The molecule has 1 aromatic carbocycles. The lowest BCUT2D eigenvalue weighted by Gasteiger charge is -2.21. The molecule has 29 heavy (non-hydrogen) atoms. The number of amides is 1. The Labute approximate surface area is 171 Å². The van der Waals surface area contributed by atoms with Crippen molar-refractivity contribution >= 4 is 18.2 Å². The first kappa shape index (κ1) is 22.7. The maximum absolute atomic E-state index is 10.8. The molecule has 0 aliphatic heterocycles. The summed E-state index contributed by atoms with van der Waals surface area (Å²) >= 11 is 0. The molecule has 1 amide bonds. The van der Waals surface area contributed by atoms with E-state index in [4.69, 9.17) is 10.5 Å². The molecule has 0 atom stereocenters. The lowest BCUT2D eigenvalue weighted by Crippen LogP contribution is -2.22. The largest absolute Gasteiger partial charge is 0.364 e. The quantitative estimate of drug-likeness (QED) is 0.287. The molecular weight excluding hydrogens is 362 g/mol. The monoisotopic (exact) mass is 383 g/mol. The van der Waals surface area contributed by atoms with E-state index >= 15 is 0 Å². The summed E-state index contributed by atoms with van der Waals surface area (Å²) in [4.78, 5) is 12.9. The standard InChI is InChI=1S/C23H21N5O/c1-4-12-28(13-5-2)21-10-8-19(9-11-21)7-6-18(3)22(16-26)23(27-17-29)20(14-24)15-25/h4-11,17H,1-2,12-13H2,3H3,(H,27,29)/b7-6+,22-18+. The summed E-state index contributed by atoms with van der Waals surface area (Å²) < 4.78 is 0. The van der Waals surface area contributed by atoms with Gasteiger partial charge in [-0.05, 0) is 30.2 Å². The Morgan fingerprint density at radius 2 is 1.66 bits per heavy atom. The van der Waals surface area contributed by atoms with Crippen molar-refractivity contribution < 1.29 is 4.79 Å². The predicted octanol–water partition coefficient (Wildman–Crippen LogP) is 3.77. The van der Waals surface area contributed by atoms with E-state index < -0.39 is 0 Å². The van der Waals surface area contributed by atoms with Crippen LogP contribution in [0.5, 0.6) is 0 Å². The zero-order valence-electron chi connectivity index (χ0n) is 16.2. The van der Waals surface area contributed by atoms with Crippen LogP contribution in [0.15, 0.2) is 78.1 Å². The van der Waals surface area contributed by atoms with Gasteiger partial charge in [0.2, 0.25) is 6.41 Å². The van der Waals surface area contributed by atoms with Crippen molar-refractivity contribution in [3.05, 3.63) is 83.6 Å². The third-order valence-electron chi connectivity index (χ3n) is 3.92. The number of anilines is 1. The average Bonchev–Trinajstić information content (AvgIpc) is 2.74. The van der Waals surface area contributed by atoms with Crippen molar-refractivity contribution in [3.8, 4) is 18.2 Å². The second kappa shape index (κ2) is 12.1. The van der Waals surface area contributed by atoms with Gasteiger partial charge in [-0.3, -0.25) is 4.79 Å². The zero-order valence-corrected chi connectivity index (χ0v) is 16.2. The molecule has 0 spiro atoms. The molecule has 1 aromatic rings. The zero-order chi connectivity index (χ0) is 21.6. The predicted molar refractivity (Wildman–Crippen MR) is 114 cm³/mol. The van der Waals surface area contributed by atoms with Crippen molar-refractivity contribution in [3.63, 3.8) is 0 Å². The van der Waals surface area contributed by atoms with Gasteiger partial charge in [0.25, 0.3) is 0 Å². The number of nitrogens with zero attached hydrogens (tertiary/aromatic N) is 4. The molecule has 144 valence electrons. The Morgan fingerprint density at radius 1 is 1.07 bits per heavy atom. The molecule has 0 aromatic heterocycles. The summed E-state index contributed by atoms with van der Waals surface area (Å²) in [5.74, 6) is 0. The second-order valence-electron chi connectivity index (χ2n) is 5.81. The van der Waals surface area contributed by atoms with Crippen molar-refractivity contribution in [2.24, 2.45) is 0 Å². The molecule has 0 saturated carbocycles. The molecule has 0 radical (unpaired) electrons. The van der Waals surface area contributed by atoms with Crippen molar-refractivity contribution in [1.29, 1.82) is 15.8 Å². The Kier molecular flexibility index (Phi) is 9.49. The van der Waals surface area contributed by atoms with Crippen LogP contribution in [0.3, 0.4) is 0 Å². The van der Waals surface area contributed by atoms with Gasteiger partial charge in [0.1, 0.15) is 18.2 Å². The lowest BCUT2D eigenvalue weighted by molar-refractivity contribution is -0.108. The van der Waals surface area contributed by atoms with E-state index in [9.17, 15) is 10.1 Å². The molecule has 0 bridgehead atoms. The summed E-state index contributed by atoms with van der Waals surface area (Å²) in [7, 11) is 0. The minimum Gasteiger partial charge on any atom is -0.364 e.